The van der Waals surface area contributed by atoms with E-state index < -0.39 is 6.10 Å². The fraction of sp³-hybridized carbons (Fsp3) is 0.400. The number of likely N-dealkylation sites (tertiary alicyclic amines) is 1. The largest absolute Gasteiger partial charge is 0.393 e. The first kappa shape index (κ1) is 17.6. The number of pyridine rings is 1. The minimum absolute atomic E-state index is 0.117. The van der Waals surface area contributed by atoms with Gasteiger partial charge >= 0.3 is 0 Å². The highest BCUT2D eigenvalue weighted by Crippen LogP contribution is 2.23. The van der Waals surface area contributed by atoms with Crippen molar-refractivity contribution < 1.29 is 9.90 Å². The summed E-state index contributed by atoms with van der Waals surface area (Å²) in [5, 5.41) is 19.2. The van der Waals surface area contributed by atoms with Gasteiger partial charge in [-0.25, -0.2) is 4.68 Å². The van der Waals surface area contributed by atoms with Crippen molar-refractivity contribution in [1.29, 1.82) is 0 Å². The lowest BCUT2D eigenvalue weighted by Gasteiger charge is -2.33. The van der Waals surface area contributed by atoms with Gasteiger partial charge in [-0.15, -0.1) is 5.10 Å². The van der Waals surface area contributed by atoms with Crippen LogP contribution in [-0.4, -0.2) is 55.1 Å². The van der Waals surface area contributed by atoms with Crippen LogP contribution in [0.5, 0.6) is 0 Å². The highest BCUT2D eigenvalue weighted by atomic mass is 16.3. The Hall–Kier alpha value is -2.80. The maximum Gasteiger partial charge on any atom is 0.276 e. The number of aromatic nitrogens is 4. The van der Waals surface area contributed by atoms with Crippen LogP contribution in [0.25, 0.3) is 16.6 Å². The molecule has 0 spiro atoms. The Morgan fingerprint density at radius 1 is 1.33 bits per heavy atom. The molecule has 1 aromatic carbocycles. The molecule has 7 heteroatoms. The Labute approximate surface area is 157 Å². The van der Waals surface area contributed by atoms with Crippen LogP contribution < -0.4 is 0 Å². The monoisotopic (exact) mass is 365 g/mol. The van der Waals surface area contributed by atoms with Crippen LogP contribution in [-0.2, 0) is 0 Å². The molecule has 3 heterocycles. The van der Waals surface area contributed by atoms with E-state index in [1.54, 1.807) is 22.7 Å². The molecule has 0 bridgehead atoms. The van der Waals surface area contributed by atoms with Crippen molar-refractivity contribution in [3.8, 4) is 5.69 Å². The summed E-state index contributed by atoms with van der Waals surface area (Å²) >= 11 is 0. The highest BCUT2D eigenvalue weighted by Gasteiger charge is 2.29. The summed E-state index contributed by atoms with van der Waals surface area (Å²) in [6, 6.07) is 9.74. The molecule has 1 saturated heterocycles. The Bertz CT molecular complexity index is 981. The SMILES string of the molecule is Cc1c(C(=O)N2CCC[C@@H]([C@H](C)O)C2)nnn1-c1ccc2ncccc2c1. The number of aliphatic hydroxyl groups excluding tert-OH is 1. The van der Waals surface area contributed by atoms with Crippen molar-refractivity contribution in [1.82, 2.24) is 24.9 Å². The van der Waals surface area contributed by atoms with Crippen molar-refractivity contribution in [3.63, 3.8) is 0 Å². The molecule has 1 N–H and O–H groups in total. The van der Waals surface area contributed by atoms with Gasteiger partial charge in [0.25, 0.3) is 5.91 Å². The van der Waals surface area contributed by atoms with E-state index in [9.17, 15) is 9.90 Å². The van der Waals surface area contributed by atoms with Crippen molar-refractivity contribution in [3.05, 3.63) is 47.9 Å². The fourth-order valence-corrected chi connectivity index (χ4v) is 3.70. The molecule has 3 aromatic rings. The first-order chi connectivity index (χ1) is 13.0. The van der Waals surface area contributed by atoms with E-state index in [0.717, 1.165) is 29.4 Å². The number of fused-ring (bicyclic) bond motifs is 1. The molecule has 2 aromatic heterocycles. The molecular formula is C20H23N5O2. The number of benzene rings is 1. The summed E-state index contributed by atoms with van der Waals surface area (Å²) in [5.74, 6) is -0.00223. The average Bonchev–Trinajstić information content (AvgIpc) is 3.08. The van der Waals surface area contributed by atoms with E-state index in [2.05, 4.69) is 15.3 Å². The van der Waals surface area contributed by atoms with Gasteiger partial charge in [-0.3, -0.25) is 9.78 Å². The number of aliphatic hydroxyl groups is 1. The number of hydrogen-bond acceptors (Lipinski definition) is 5. The molecule has 1 amide bonds. The smallest absolute Gasteiger partial charge is 0.276 e. The Balaban J connectivity index is 1.62. The molecule has 7 nitrogen and oxygen atoms in total. The third kappa shape index (κ3) is 3.30. The van der Waals surface area contributed by atoms with Crippen LogP contribution in [0.1, 0.15) is 35.9 Å². The van der Waals surface area contributed by atoms with Crippen LogP contribution in [0.4, 0.5) is 0 Å². The molecule has 2 atom stereocenters. The molecule has 0 radical (unpaired) electrons. The second-order valence-corrected chi connectivity index (χ2v) is 7.21. The first-order valence-electron chi connectivity index (χ1n) is 9.29. The normalized spacial score (nSPS) is 18.6. The zero-order valence-electron chi connectivity index (χ0n) is 15.5. The minimum atomic E-state index is -0.413. The lowest BCUT2D eigenvalue weighted by molar-refractivity contribution is 0.0461. The number of nitrogens with zero attached hydrogens (tertiary/aromatic N) is 5. The Kier molecular flexibility index (Phi) is 4.61. The van der Waals surface area contributed by atoms with Crippen LogP contribution >= 0.6 is 0 Å². The molecule has 1 fully saturated rings. The minimum Gasteiger partial charge on any atom is -0.393 e. The van der Waals surface area contributed by atoms with Crippen molar-refractivity contribution in [2.45, 2.75) is 32.8 Å². The number of carbonyl (C=O) groups is 1. The van der Waals surface area contributed by atoms with Gasteiger partial charge in [0.15, 0.2) is 5.69 Å². The number of piperidine rings is 1. The summed E-state index contributed by atoms with van der Waals surface area (Å²) in [5.41, 5.74) is 2.84. The maximum absolute atomic E-state index is 13.0. The van der Waals surface area contributed by atoms with Crippen LogP contribution in [0.3, 0.4) is 0 Å². The fourth-order valence-electron chi connectivity index (χ4n) is 3.70. The molecule has 27 heavy (non-hydrogen) atoms. The summed E-state index contributed by atoms with van der Waals surface area (Å²) < 4.78 is 1.69. The van der Waals surface area contributed by atoms with Gasteiger partial charge in [0.1, 0.15) is 0 Å². The molecular weight excluding hydrogens is 342 g/mol. The van der Waals surface area contributed by atoms with Crippen molar-refractivity contribution in [2.75, 3.05) is 13.1 Å². The standard InChI is InChI=1S/C20H23N5O2/c1-13-19(20(27)24-10-4-6-16(12-24)14(2)26)22-23-25(13)17-7-8-18-15(11-17)5-3-9-21-18/h3,5,7-9,11,14,16,26H,4,6,10,12H2,1-2H3/t14-,16+/m0/s1. The van der Waals surface area contributed by atoms with Gasteiger partial charge in [0.2, 0.25) is 0 Å². The third-order valence-electron chi connectivity index (χ3n) is 5.36. The third-order valence-corrected chi connectivity index (χ3v) is 5.36. The summed E-state index contributed by atoms with van der Waals surface area (Å²) in [4.78, 5) is 19.1. The summed E-state index contributed by atoms with van der Waals surface area (Å²) in [6.07, 6.45) is 3.19. The van der Waals surface area contributed by atoms with E-state index >= 15 is 0 Å². The molecule has 0 unspecified atom stereocenters. The molecule has 140 valence electrons. The van der Waals surface area contributed by atoms with Gasteiger partial charge in [0.05, 0.1) is 23.0 Å². The number of hydrogen-bond donors (Lipinski definition) is 1. The van der Waals surface area contributed by atoms with E-state index in [4.69, 9.17) is 0 Å². The van der Waals surface area contributed by atoms with E-state index in [-0.39, 0.29) is 11.8 Å². The number of rotatable bonds is 3. The van der Waals surface area contributed by atoms with Crippen LogP contribution in [0.15, 0.2) is 36.5 Å². The van der Waals surface area contributed by atoms with Crippen LogP contribution in [0.2, 0.25) is 0 Å². The maximum atomic E-state index is 13.0. The lowest BCUT2D eigenvalue weighted by atomic mass is 9.93. The van der Waals surface area contributed by atoms with E-state index in [1.807, 2.05) is 37.3 Å². The Morgan fingerprint density at radius 3 is 3.00 bits per heavy atom. The van der Waals surface area contributed by atoms with Crippen LogP contribution in [0, 0.1) is 12.8 Å². The molecule has 0 saturated carbocycles. The van der Waals surface area contributed by atoms with Crippen molar-refractivity contribution in [2.24, 2.45) is 5.92 Å². The van der Waals surface area contributed by atoms with E-state index in [0.29, 0.717) is 24.5 Å². The van der Waals surface area contributed by atoms with E-state index in [1.165, 1.54) is 0 Å². The number of amides is 1. The quantitative estimate of drug-likeness (QED) is 0.770. The van der Waals surface area contributed by atoms with Gasteiger partial charge in [-0.2, -0.15) is 0 Å². The zero-order valence-corrected chi connectivity index (χ0v) is 15.5. The first-order valence-corrected chi connectivity index (χ1v) is 9.29. The second kappa shape index (κ2) is 7.08. The highest BCUT2D eigenvalue weighted by molar-refractivity contribution is 5.93. The predicted molar refractivity (Wildman–Crippen MR) is 102 cm³/mol. The van der Waals surface area contributed by atoms with Crippen molar-refractivity contribution >= 4 is 16.8 Å². The molecule has 1 aliphatic heterocycles. The topological polar surface area (TPSA) is 84.1 Å². The Morgan fingerprint density at radius 2 is 2.19 bits per heavy atom. The zero-order chi connectivity index (χ0) is 19.0. The average molecular weight is 365 g/mol. The van der Waals surface area contributed by atoms with Gasteiger partial charge in [-0.1, -0.05) is 11.3 Å². The predicted octanol–water partition coefficient (Wildman–Crippen LogP) is 2.36. The number of carbonyl (C=O) groups excluding carboxylic acids is 1. The summed E-state index contributed by atoms with van der Waals surface area (Å²) in [7, 11) is 0. The summed E-state index contributed by atoms with van der Waals surface area (Å²) in [6.45, 7) is 4.89. The second-order valence-electron chi connectivity index (χ2n) is 7.21. The van der Waals surface area contributed by atoms with Gasteiger partial charge < -0.3 is 10.0 Å². The molecule has 0 aliphatic carbocycles. The van der Waals surface area contributed by atoms with Gasteiger partial charge in [-0.05, 0) is 51.0 Å². The molecule has 4 rings (SSSR count). The molecule has 1 aliphatic rings. The van der Waals surface area contributed by atoms with Gasteiger partial charge in [0, 0.05) is 30.6 Å². The lowest BCUT2D eigenvalue weighted by Crippen LogP contribution is -2.43.